The van der Waals surface area contributed by atoms with Crippen molar-refractivity contribution in [1.29, 1.82) is 0 Å². The molecule has 2 nitrogen and oxygen atoms in total. The molecule has 64 valence electrons. The fraction of sp³-hybridized carbons (Fsp3) is 0.667. The molecule has 0 atom stereocenters. The SMILES string of the molecule is CCCC/C=C\CCC=[O+][O-]. The number of carbonyl (C=O) groups excluding carboxylic acids is 1. The molecule has 0 aromatic rings. The molecule has 0 amide bonds. The van der Waals surface area contributed by atoms with Gasteiger partial charge in [0.1, 0.15) is 0 Å². The van der Waals surface area contributed by atoms with Gasteiger partial charge in [-0.1, -0.05) is 31.9 Å². The summed E-state index contributed by atoms with van der Waals surface area (Å²) in [4.78, 5) is 0. The van der Waals surface area contributed by atoms with Crippen molar-refractivity contribution >= 4 is 6.29 Å². The maximum Gasteiger partial charge on any atom is 0.318 e. The zero-order valence-corrected chi connectivity index (χ0v) is 7.08. The number of unbranched alkanes of at least 4 members (excludes halogenated alkanes) is 3. The predicted octanol–water partition coefficient (Wildman–Crippen LogP) is 1.52. The van der Waals surface area contributed by atoms with Crippen molar-refractivity contribution in [2.24, 2.45) is 0 Å². The smallest absolute Gasteiger partial charge is 0.318 e. The highest BCUT2D eigenvalue weighted by Crippen LogP contribution is 1.96. The van der Waals surface area contributed by atoms with Gasteiger partial charge in [0, 0.05) is 0 Å². The lowest BCUT2D eigenvalue weighted by molar-refractivity contribution is -1.04. The molecule has 0 spiro atoms. The van der Waals surface area contributed by atoms with Crippen LogP contribution in [0.2, 0.25) is 0 Å². The van der Waals surface area contributed by atoms with Crippen LogP contribution in [0, 0.1) is 0 Å². The molecule has 0 N–H and O–H groups in total. The Bertz CT molecular complexity index is 117. The molecule has 2 heteroatoms. The third-order valence-corrected chi connectivity index (χ3v) is 1.41. The van der Waals surface area contributed by atoms with Gasteiger partial charge in [0.25, 0.3) is 0 Å². The average molecular weight is 156 g/mol. The summed E-state index contributed by atoms with van der Waals surface area (Å²) in [5.74, 6) is 0. The van der Waals surface area contributed by atoms with Crippen LogP contribution in [0.4, 0.5) is 0 Å². The maximum absolute atomic E-state index is 9.49. The second-order valence-corrected chi connectivity index (χ2v) is 2.45. The van der Waals surface area contributed by atoms with Crippen LogP contribution in [-0.4, -0.2) is 6.29 Å². The summed E-state index contributed by atoms with van der Waals surface area (Å²) >= 11 is 0. The minimum Gasteiger partial charge on any atom is -0.463 e. The number of rotatable bonds is 6. The largest absolute Gasteiger partial charge is 0.463 e. The van der Waals surface area contributed by atoms with Crippen molar-refractivity contribution < 1.29 is 9.83 Å². The van der Waals surface area contributed by atoms with E-state index in [1.807, 2.05) is 0 Å². The van der Waals surface area contributed by atoms with E-state index in [-0.39, 0.29) is 0 Å². The van der Waals surface area contributed by atoms with Gasteiger partial charge in [-0.15, -0.1) is 0 Å². The van der Waals surface area contributed by atoms with Gasteiger partial charge in [0.2, 0.25) is 0 Å². The Labute approximate surface area is 68.2 Å². The molecule has 0 radical (unpaired) electrons. The molecule has 0 aromatic heterocycles. The standard InChI is InChI=1S/C9H16O2/c1-2-3-4-5-6-7-8-9-11-10/h5-6,9H,2-4,7-8H2,1H3/b6-5-. The number of allylic oxidation sites excluding steroid dienone is 2. The van der Waals surface area contributed by atoms with E-state index in [1.54, 1.807) is 0 Å². The Morgan fingerprint density at radius 1 is 1.18 bits per heavy atom. The quantitative estimate of drug-likeness (QED) is 0.143. The Hall–Kier alpha value is -0.790. The zero-order chi connectivity index (χ0) is 8.36. The van der Waals surface area contributed by atoms with E-state index in [0.29, 0.717) is 6.42 Å². The molecule has 0 saturated heterocycles. The van der Waals surface area contributed by atoms with E-state index in [0.717, 1.165) is 12.8 Å². The average Bonchev–Trinajstić information content (AvgIpc) is 2.03. The minimum atomic E-state index is 0.714. The van der Waals surface area contributed by atoms with Crippen LogP contribution in [0.1, 0.15) is 39.0 Å². The summed E-state index contributed by atoms with van der Waals surface area (Å²) in [5.41, 5.74) is 0. The fourth-order valence-corrected chi connectivity index (χ4v) is 0.770. The molecule has 0 aliphatic carbocycles. The predicted molar refractivity (Wildman–Crippen MR) is 44.0 cm³/mol. The fourth-order valence-electron chi connectivity index (χ4n) is 0.770. The second-order valence-electron chi connectivity index (χ2n) is 2.45. The van der Waals surface area contributed by atoms with E-state index in [1.165, 1.54) is 19.1 Å². The summed E-state index contributed by atoms with van der Waals surface area (Å²) in [6.45, 7) is 2.17. The molecule has 0 bridgehead atoms. The highest BCUT2D eigenvalue weighted by molar-refractivity contribution is 5.49. The molecule has 0 saturated carbocycles. The molecule has 0 aromatic carbocycles. The van der Waals surface area contributed by atoms with Crippen LogP contribution in [0.3, 0.4) is 0 Å². The van der Waals surface area contributed by atoms with Gasteiger partial charge in [0.15, 0.2) is 0 Å². The monoisotopic (exact) mass is 156 g/mol. The van der Waals surface area contributed by atoms with Crippen LogP contribution in [0.5, 0.6) is 0 Å². The zero-order valence-electron chi connectivity index (χ0n) is 7.08. The van der Waals surface area contributed by atoms with Crippen molar-refractivity contribution in [3.8, 4) is 0 Å². The van der Waals surface area contributed by atoms with E-state index in [4.69, 9.17) is 0 Å². The number of hydrogen-bond donors (Lipinski definition) is 0. The van der Waals surface area contributed by atoms with Crippen LogP contribution in [0.25, 0.3) is 0 Å². The first-order chi connectivity index (χ1) is 5.41. The first-order valence-corrected chi connectivity index (χ1v) is 4.17. The van der Waals surface area contributed by atoms with Gasteiger partial charge in [0.05, 0.1) is 6.42 Å². The summed E-state index contributed by atoms with van der Waals surface area (Å²) in [5, 5.41) is 9.49. The van der Waals surface area contributed by atoms with E-state index in [9.17, 15) is 5.26 Å². The Morgan fingerprint density at radius 3 is 2.55 bits per heavy atom. The highest BCUT2D eigenvalue weighted by Gasteiger charge is 1.83. The second kappa shape index (κ2) is 9.21. The van der Waals surface area contributed by atoms with Crippen molar-refractivity contribution in [3.05, 3.63) is 12.2 Å². The summed E-state index contributed by atoms with van der Waals surface area (Å²) in [6.07, 6.45) is 10.8. The van der Waals surface area contributed by atoms with Crippen molar-refractivity contribution in [3.63, 3.8) is 0 Å². The summed E-state index contributed by atoms with van der Waals surface area (Å²) in [6, 6.07) is 0. The van der Waals surface area contributed by atoms with Gasteiger partial charge in [-0.25, -0.2) is 0 Å². The molecule has 0 aliphatic rings. The summed E-state index contributed by atoms with van der Waals surface area (Å²) in [7, 11) is 0. The van der Waals surface area contributed by atoms with Crippen molar-refractivity contribution in [2.45, 2.75) is 39.0 Å². The molecule has 0 aliphatic heterocycles. The molecule has 0 fully saturated rings. The lowest BCUT2D eigenvalue weighted by Crippen LogP contribution is -1.96. The van der Waals surface area contributed by atoms with E-state index in [2.05, 4.69) is 23.7 Å². The first-order valence-electron chi connectivity index (χ1n) is 4.17. The van der Waals surface area contributed by atoms with Gasteiger partial charge < -0.3 is 5.26 Å². The lowest BCUT2D eigenvalue weighted by Gasteiger charge is -1.86. The molecular weight excluding hydrogens is 140 g/mol. The van der Waals surface area contributed by atoms with Crippen molar-refractivity contribution in [1.82, 2.24) is 0 Å². The number of hydrogen-bond acceptors (Lipinski definition) is 1. The molecule has 0 unspecified atom stereocenters. The van der Waals surface area contributed by atoms with Crippen molar-refractivity contribution in [2.75, 3.05) is 0 Å². The number of aldehydes is 1. The molecule has 11 heavy (non-hydrogen) atoms. The van der Waals surface area contributed by atoms with Gasteiger partial charge in [-0.2, -0.15) is 4.58 Å². The topological polar surface area (TPSA) is 34.4 Å². The normalized spacial score (nSPS) is 11.7. The molecule has 0 rings (SSSR count). The Kier molecular flexibility index (Phi) is 8.55. The minimum absolute atomic E-state index is 0.714. The first kappa shape index (κ1) is 10.2. The molecular formula is C9H16O2. The maximum atomic E-state index is 9.49. The van der Waals surface area contributed by atoms with E-state index >= 15 is 0 Å². The Balaban J connectivity index is 3.03. The van der Waals surface area contributed by atoms with Crippen LogP contribution >= 0.6 is 0 Å². The van der Waals surface area contributed by atoms with Crippen LogP contribution < -0.4 is 5.26 Å². The summed E-state index contributed by atoms with van der Waals surface area (Å²) < 4.78 is 3.56. The third-order valence-electron chi connectivity index (χ3n) is 1.41. The Morgan fingerprint density at radius 2 is 1.91 bits per heavy atom. The molecule has 0 heterocycles. The highest BCUT2D eigenvalue weighted by atomic mass is 17.1. The van der Waals surface area contributed by atoms with Crippen LogP contribution in [0.15, 0.2) is 12.2 Å². The lowest BCUT2D eigenvalue weighted by atomic mass is 10.2. The third kappa shape index (κ3) is 9.21. The van der Waals surface area contributed by atoms with E-state index < -0.39 is 0 Å². The van der Waals surface area contributed by atoms with Crippen LogP contribution in [-0.2, 0) is 4.58 Å². The van der Waals surface area contributed by atoms with Gasteiger partial charge in [-0.05, 0) is 12.8 Å². The van der Waals surface area contributed by atoms with Gasteiger partial charge >= 0.3 is 6.29 Å². The van der Waals surface area contributed by atoms with Gasteiger partial charge in [-0.3, -0.25) is 0 Å².